The highest BCUT2D eigenvalue weighted by molar-refractivity contribution is 6.36. The fourth-order valence-corrected chi connectivity index (χ4v) is 1.94. The van der Waals surface area contributed by atoms with Gasteiger partial charge in [-0.1, -0.05) is 6.07 Å². The van der Waals surface area contributed by atoms with Crippen LogP contribution in [0.3, 0.4) is 0 Å². The third kappa shape index (κ3) is 4.87. The molecular formula is C16H18N2O3. The molecule has 0 saturated heterocycles. The average Bonchev–Trinajstić information content (AvgIpc) is 2.91. The van der Waals surface area contributed by atoms with E-state index in [4.69, 9.17) is 4.42 Å². The number of aryl methyl sites for hydroxylation is 2. The van der Waals surface area contributed by atoms with Crippen molar-refractivity contribution in [3.05, 3.63) is 53.7 Å². The van der Waals surface area contributed by atoms with Crippen molar-refractivity contribution in [2.75, 3.05) is 0 Å². The Hall–Kier alpha value is -2.43. The van der Waals surface area contributed by atoms with Crippen LogP contribution in [0.2, 0.25) is 0 Å². The summed E-state index contributed by atoms with van der Waals surface area (Å²) in [6, 6.07) is 9.25. The predicted molar refractivity (Wildman–Crippen MR) is 77.5 cm³/mol. The summed E-state index contributed by atoms with van der Waals surface area (Å²) in [4.78, 5) is 27.5. The molecule has 0 saturated carbocycles. The zero-order valence-electron chi connectivity index (χ0n) is 12.0. The molecule has 110 valence electrons. The van der Waals surface area contributed by atoms with Crippen LogP contribution in [-0.4, -0.2) is 16.7 Å². The fourth-order valence-electron chi connectivity index (χ4n) is 1.94. The van der Waals surface area contributed by atoms with Crippen LogP contribution in [0, 0.1) is 6.92 Å². The molecule has 0 unspecified atom stereocenters. The van der Waals surface area contributed by atoms with E-state index in [1.54, 1.807) is 12.3 Å². The third-order valence-electron chi connectivity index (χ3n) is 3.04. The number of hydrogen-bond donors (Lipinski definition) is 1. The summed E-state index contributed by atoms with van der Waals surface area (Å²) in [5, 5.41) is 2.56. The number of rotatable bonds is 7. The van der Waals surface area contributed by atoms with Gasteiger partial charge >= 0.3 is 0 Å². The SMILES string of the molecule is Cc1ccc(CNC(=O)C(=O)CCCc2ccccn2)o1. The van der Waals surface area contributed by atoms with E-state index in [0.29, 0.717) is 18.6 Å². The van der Waals surface area contributed by atoms with Crippen molar-refractivity contribution < 1.29 is 14.0 Å². The number of ketones is 1. The molecule has 5 nitrogen and oxygen atoms in total. The minimum atomic E-state index is -0.565. The van der Waals surface area contributed by atoms with E-state index >= 15 is 0 Å². The molecule has 0 bridgehead atoms. The molecule has 2 rings (SSSR count). The van der Waals surface area contributed by atoms with E-state index in [9.17, 15) is 9.59 Å². The molecule has 2 aromatic rings. The Balaban J connectivity index is 1.69. The highest BCUT2D eigenvalue weighted by Crippen LogP contribution is 2.06. The zero-order valence-corrected chi connectivity index (χ0v) is 12.0. The van der Waals surface area contributed by atoms with Gasteiger partial charge < -0.3 is 9.73 Å². The number of carbonyl (C=O) groups excluding carboxylic acids is 2. The fraction of sp³-hybridized carbons (Fsp3) is 0.312. The van der Waals surface area contributed by atoms with Gasteiger partial charge in [0.15, 0.2) is 0 Å². The molecule has 2 heterocycles. The van der Waals surface area contributed by atoms with Crippen LogP contribution in [0.25, 0.3) is 0 Å². The van der Waals surface area contributed by atoms with Gasteiger partial charge in [0, 0.05) is 18.3 Å². The minimum absolute atomic E-state index is 0.222. The van der Waals surface area contributed by atoms with E-state index in [-0.39, 0.29) is 13.0 Å². The summed E-state index contributed by atoms with van der Waals surface area (Å²) in [6.07, 6.45) is 3.25. The number of carbonyl (C=O) groups is 2. The van der Waals surface area contributed by atoms with Crippen LogP contribution in [0.1, 0.15) is 30.1 Å². The molecule has 0 atom stereocenters. The normalized spacial score (nSPS) is 10.3. The number of nitrogens with zero attached hydrogens (tertiary/aromatic N) is 1. The quantitative estimate of drug-likeness (QED) is 0.792. The Morgan fingerprint density at radius 3 is 2.76 bits per heavy atom. The van der Waals surface area contributed by atoms with Crippen molar-refractivity contribution in [3.8, 4) is 0 Å². The van der Waals surface area contributed by atoms with Crippen molar-refractivity contribution in [2.24, 2.45) is 0 Å². The summed E-state index contributed by atoms with van der Waals surface area (Å²) in [5.74, 6) is 0.447. The molecular weight excluding hydrogens is 268 g/mol. The van der Waals surface area contributed by atoms with E-state index in [1.165, 1.54) is 0 Å². The van der Waals surface area contributed by atoms with Crippen LogP contribution in [0.4, 0.5) is 0 Å². The first-order valence-corrected chi connectivity index (χ1v) is 6.91. The standard InChI is InChI=1S/C16H18N2O3/c1-12-8-9-14(21-12)11-18-16(20)15(19)7-4-6-13-5-2-3-10-17-13/h2-3,5,8-10H,4,6-7,11H2,1H3,(H,18,20). The molecule has 0 aliphatic heterocycles. The van der Waals surface area contributed by atoms with Gasteiger partial charge in [-0.3, -0.25) is 14.6 Å². The van der Waals surface area contributed by atoms with Gasteiger partial charge in [-0.25, -0.2) is 0 Å². The number of nitrogens with one attached hydrogen (secondary N) is 1. The number of furan rings is 1. The van der Waals surface area contributed by atoms with Gasteiger partial charge in [0.25, 0.3) is 5.91 Å². The molecule has 1 amide bonds. The number of amides is 1. The van der Waals surface area contributed by atoms with Crippen LogP contribution in [-0.2, 0) is 22.6 Å². The maximum Gasteiger partial charge on any atom is 0.287 e. The molecule has 0 aliphatic rings. The second-order valence-corrected chi connectivity index (χ2v) is 4.79. The molecule has 0 fully saturated rings. The first-order chi connectivity index (χ1) is 10.1. The van der Waals surface area contributed by atoms with Gasteiger partial charge in [-0.05, 0) is 44.0 Å². The summed E-state index contributed by atoms with van der Waals surface area (Å²) < 4.78 is 5.32. The Bertz CT molecular complexity index is 605. The molecule has 0 spiro atoms. The van der Waals surface area contributed by atoms with Crippen molar-refractivity contribution in [1.82, 2.24) is 10.3 Å². The van der Waals surface area contributed by atoms with Gasteiger partial charge in [0.1, 0.15) is 11.5 Å². The van der Waals surface area contributed by atoms with Crippen molar-refractivity contribution in [1.29, 1.82) is 0 Å². The Kier molecular flexibility index (Phi) is 5.26. The smallest absolute Gasteiger partial charge is 0.287 e. The summed E-state index contributed by atoms with van der Waals surface area (Å²) in [7, 11) is 0. The lowest BCUT2D eigenvalue weighted by atomic mass is 10.1. The number of pyridine rings is 1. The lowest BCUT2D eigenvalue weighted by Crippen LogP contribution is -2.30. The monoisotopic (exact) mass is 286 g/mol. The first-order valence-electron chi connectivity index (χ1n) is 6.91. The molecule has 2 aromatic heterocycles. The first kappa shape index (κ1) is 15.0. The van der Waals surface area contributed by atoms with Gasteiger partial charge in [-0.15, -0.1) is 0 Å². The van der Waals surface area contributed by atoms with Crippen LogP contribution >= 0.6 is 0 Å². The predicted octanol–water partition coefficient (Wildman–Crippen LogP) is 2.19. The topological polar surface area (TPSA) is 72.2 Å². The maximum atomic E-state index is 11.7. The summed E-state index contributed by atoms with van der Waals surface area (Å²) in [6.45, 7) is 2.06. The van der Waals surface area contributed by atoms with Gasteiger partial charge in [0.2, 0.25) is 5.78 Å². The number of aromatic nitrogens is 1. The largest absolute Gasteiger partial charge is 0.465 e. The number of hydrogen-bond acceptors (Lipinski definition) is 4. The van der Waals surface area contributed by atoms with E-state index < -0.39 is 11.7 Å². The van der Waals surface area contributed by atoms with Crippen LogP contribution in [0.5, 0.6) is 0 Å². The third-order valence-corrected chi connectivity index (χ3v) is 3.04. The molecule has 1 N–H and O–H groups in total. The maximum absolute atomic E-state index is 11.7. The average molecular weight is 286 g/mol. The van der Waals surface area contributed by atoms with Crippen molar-refractivity contribution >= 4 is 11.7 Å². The number of Topliss-reactive ketones (excluding diaryl/α,β-unsaturated/α-hetero) is 1. The van der Waals surface area contributed by atoms with Crippen LogP contribution < -0.4 is 5.32 Å². The van der Waals surface area contributed by atoms with E-state index in [2.05, 4.69) is 10.3 Å². The second-order valence-electron chi connectivity index (χ2n) is 4.79. The Morgan fingerprint density at radius 1 is 1.24 bits per heavy atom. The summed E-state index contributed by atoms with van der Waals surface area (Å²) in [5.41, 5.74) is 0.928. The molecule has 5 heteroatoms. The highest BCUT2D eigenvalue weighted by atomic mass is 16.3. The summed E-state index contributed by atoms with van der Waals surface area (Å²) >= 11 is 0. The van der Waals surface area contributed by atoms with Crippen molar-refractivity contribution in [3.63, 3.8) is 0 Å². The Morgan fingerprint density at radius 2 is 2.10 bits per heavy atom. The van der Waals surface area contributed by atoms with Crippen LogP contribution in [0.15, 0.2) is 40.9 Å². The van der Waals surface area contributed by atoms with Gasteiger partial charge in [-0.2, -0.15) is 0 Å². The zero-order chi connectivity index (χ0) is 15.1. The van der Waals surface area contributed by atoms with Crippen molar-refractivity contribution in [2.45, 2.75) is 32.7 Å². The molecule has 21 heavy (non-hydrogen) atoms. The second kappa shape index (κ2) is 7.38. The molecule has 0 radical (unpaired) electrons. The lowest BCUT2D eigenvalue weighted by Gasteiger charge is -2.03. The molecule has 0 aliphatic carbocycles. The van der Waals surface area contributed by atoms with Gasteiger partial charge in [0.05, 0.1) is 6.54 Å². The minimum Gasteiger partial charge on any atom is -0.465 e. The Labute approximate surface area is 123 Å². The highest BCUT2D eigenvalue weighted by Gasteiger charge is 2.13. The van der Waals surface area contributed by atoms with E-state index in [0.717, 1.165) is 11.5 Å². The molecule has 0 aromatic carbocycles. The van der Waals surface area contributed by atoms with E-state index in [1.807, 2.05) is 31.2 Å². The lowest BCUT2D eigenvalue weighted by molar-refractivity contribution is -0.138.